The molecule has 0 aromatic carbocycles. The van der Waals surface area contributed by atoms with Gasteiger partial charge in [0.1, 0.15) is 17.7 Å². The first-order chi connectivity index (χ1) is 11.3. The fourth-order valence-corrected chi connectivity index (χ4v) is 2.79. The van der Waals surface area contributed by atoms with E-state index in [-0.39, 0.29) is 17.5 Å². The number of rotatable bonds is 8. The largest absolute Gasteiger partial charge is 0.363 e. The lowest BCUT2D eigenvalue weighted by Gasteiger charge is -2.27. The molecule has 2 atom stereocenters. The molecule has 0 aromatic rings. The Morgan fingerprint density at radius 1 is 1.33 bits per heavy atom. The van der Waals surface area contributed by atoms with Crippen LogP contribution in [0.25, 0.3) is 0 Å². The predicted molar refractivity (Wildman–Crippen MR) is 94.8 cm³/mol. The molecule has 1 saturated heterocycles. The zero-order valence-corrected chi connectivity index (χ0v) is 15.4. The second-order valence-corrected chi connectivity index (χ2v) is 7.15. The third kappa shape index (κ3) is 6.52. The van der Waals surface area contributed by atoms with Gasteiger partial charge in [0.15, 0.2) is 5.78 Å². The van der Waals surface area contributed by atoms with Gasteiger partial charge in [-0.15, -0.1) is 0 Å². The number of allylic oxidation sites excluding steroid dienone is 3. The fourth-order valence-electron chi connectivity index (χ4n) is 2.79. The molecule has 0 amide bonds. The van der Waals surface area contributed by atoms with Crippen LogP contribution < -0.4 is 0 Å². The molecule has 0 saturated carbocycles. The van der Waals surface area contributed by atoms with Crippen molar-refractivity contribution in [1.29, 1.82) is 0 Å². The van der Waals surface area contributed by atoms with E-state index in [9.17, 15) is 14.4 Å². The lowest BCUT2D eigenvalue weighted by Crippen LogP contribution is -2.37. The van der Waals surface area contributed by atoms with Crippen LogP contribution in [-0.2, 0) is 19.1 Å². The van der Waals surface area contributed by atoms with E-state index < -0.39 is 5.60 Å². The summed E-state index contributed by atoms with van der Waals surface area (Å²) in [6, 6.07) is 0. The molecular weight excluding hydrogens is 304 g/mol. The van der Waals surface area contributed by atoms with E-state index >= 15 is 0 Å². The zero-order valence-electron chi connectivity index (χ0n) is 15.4. The van der Waals surface area contributed by atoms with Crippen LogP contribution in [0.15, 0.2) is 23.3 Å². The van der Waals surface area contributed by atoms with Gasteiger partial charge in [0, 0.05) is 18.8 Å². The van der Waals surface area contributed by atoms with Crippen molar-refractivity contribution in [3.05, 3.63) is 23.3 Å². The highest BCUT2D eigenvalue weighted by molar-refractivity contribution is 5.87. The van der Waals surface area contributed by atoms with Crippen molar-refractivity contribution in [2.45, 2.75) is 71.8 Å². The average Bonchev–Trinajstić information content (AvgIpc) is 2.66. The summed E-state index contributed by atoms with van der Waals surface area (Å²) in [6.45, 7) is 8.08. The van der Waals surface area contributed by atoms with E-state index in [0.29, 0.717) is 32.3 Å². The lowest BCUT2D eigenvalue weighted by molar-refractivity contribution is -0.140. The summed E-state index contributed by atoms with van der Waals surface area (Å²) < 4.78 is 5.82. The molecule has 0 bridgehead atoms. The molecule has 134 valence electrons. The third-order valence-electron chi connectivity index (χ3n) is 4.70. The third-order valence-corrected chi connectivity index (χ3v) is 4.70. The Hall–Kier alpha value is -1.55. The first-order valence-electron chi connectivity index (χ1n) is 8.75. The molecule has 1 fully saturated rings. The standard InChI is InChI=1S/C20H30O4/c1-15(2)7-9-18(22)16(3)6-5-12-20(4)19(23)10-8-17(11-13-21)14-24-20/h7,11,13,16H,5-6,8-10,12,14H2,1-4H3/b17-11+/t16?,20-/m0/s1. The summed E-state index contributed by atoms with van der Waals surface area (Å²) >= 11 is 0. The van der Waals surface area contributed by atoms with Crippen LogP contribution in [0.5, 0.6) is 0 Å². The van der Waals surface area contributed by atoms with Crippen LogP contribution in [0.2, 0.25) is 0 Å². The van der Waals surface area contributed by atoms with Crippen LogP contribution in [0.4, 0.5) is 0 Å². The van der Waals surface area contributed by atoms with Gasteiger partial charge in [-0.1, -0.05) is 18.6 Å². The number of ketones is 2. The summed E-state index contributed by atoms with van der Waals surface area (Å²) in [5.74, 6) is 0.321. The van der Waals surface area contributed by atoms with Crippen molar-refractivity contribution >= 4 is 17.9 Å². The van der Waals surface area contributed by atoms with Gasteiger partial charge in [-0.25, -0.2) is 0 Å². The molecule has 1 aliphatic heterocycles. The SMILES string of the molecule is CC(C)=CCC(=O)C(C)CCC[C@]1(C)OC/C(=C/C=O)CCC1=O. The average molecular weight is 334 g/mol. The van der Waals surface area contributed by atoms with Crippen molar-refractivity contribution in [1.82, 2.24) is 0 Å². The number of Topliss-reactive ketones (excluding diaryl/α,β-unsaturated/α-hetero) is 2. The minimum Gasteiger partial charge on any atom is -0.363 e. The van der Waals surface area contributed by atoms with E-state index in [2.05, 4.69) is 0 Å². The van der Waals surface area contributed by atoms with Crippen molar-refractivity contribution in [3.8, 4) is 0 Å². The number of hydrogen-bond acceptors (Lipinski definition) is 4. The molecule has 1 rings (SSSR count). The van der Waals surface area contributed by atoms with Gasteiger partial charge >= 0.3 is 0 Å². The second-order valence-electron chi connectivity index (χ2n) is 7.15. The Balaban J connectivity index is 2.51. The first kappa shape index (κ1) is 20.5. The normalized spacial score (nSPS) is 24.3. The molecule has 0 aromatic heterocycles. The second kappa shape index (κ2) is 9.67. The smallest absolute Gasteiger partial charge is 0.164 e. The Morgan fingerprint density at radius 2 is 2.04 bits per heavy atom. The van der Waals surface area contributed by atoms with Gasteiger partial charge in [-0.2, -0.15) is 0 Å². The zero-order chi connectivity index (χ0) is 18.2. The van der Waals surface area contributed by atoms with Crippen molar-refractivity contribution in [3.63, 3.8) is 0 Å². The van der Waals surface area contributed by atoms with E-state index in [1.165, 1.54) is 6.08 Å². The summed E-state index contributed by atoms with van der Waals surface area (Å²) in [5.41, 5.74) is 1.22. The summed E-state index contributed by atoms with van der Waals surface area (Å²) in [5, 5.41) is 0. The van der Waals surface area contributed by atoms with Crippen LogP contribution in [0.3, 0.4) is 0 Å². The lowest BCUT2D eigenvalue weighted by atomic mass is 9.88. The minimum absolute atomic E-state index is 0.00407. The van der Waals surface area contributed by atoms with Gasteiger partial charge in [-0.3, -0.25) is 14.4 Å². The quantitative estimate of drug-likeness (QED) is 0.383. The molecule has 24 heavy (non-hydrogen) atoms. The predicted octanol–water partition coefficient (Wildman–Crippen LogP) is 3.98. The number of carbonyl (C=O) groups excluding carboxylic acids is 3. The van der Waals surface area contributed by atoms with Crippen LogP contribution >= 0.6 is 0 Å². The Kier molecular flexibility index (Phi) is 8.26. The molecule has 0 spiro atoms. The van der Waals surface area contributed by atoms with Crippen molar-refractivity contribution in [2.75, 3.05) is 6.61 Å². The van der Waals surface area contributed by atoms with Gasteiger partial charge in [-0.05, 0) is 58.1 Å². The molecule has 1 heterocycles. The Morgan fingerprint density at radius 3 is 2.67 bits per heavy atom. The molecule has 1 unspecified atom stereocenters. The maximum Gasteiger partial charge on any atom is 0.164 e. The monoisotopic (exact) mass is 334 g/mol. The molecule has 1 aliphatic rings. The van der Waals surface area contributed by atoms with E-state index in [4.69, 9.17) is 4.74 Å². The summed E-state index contributed by atoms with van der Waals surface area (Å²) in [6.07, 6.45) is 7.81. The van der Waals surface area contributed by atoms with Gasteiger partial charge < -0.3 is 4.74 Å². The highest BCUT2D eigenvalue weighted by Gasteiger charge is 2.35. The van der Waals surface area contributed by atoms with Crippen molar-refractivity contribution in [2.24, 2.45) is 5.92 Å². The first-order valence-corrected chi connectivity index (χ1v) is 8.75. The van der Waals surface area contributed by atoms with Crippen LogP contribution in [-0.4, -0.2) is 30.1 Å². The fraction of sp³-hybridized carbons (Fsp3) is 0.650. The topological polar surface area (TPSA) is 60.4 Å². The van der Waals surface area contributed by atoms with Crippen molar-refractivity contribution < 1.29 is 19.1 Å². The molecule has 4 nitrogen and oxygen atoms in total. The Labute approximate surface area is 145 Å². The van der Waals surface area contributed by atoms with Gasteiger partial charge in [0.2, 0.25) is 0 Å². The van der Waals surface area contributed by atoms with Gasteiger partial charge in [0.25, 0.3) is 0 Å². The molecular formula is C20H30O4. The maximum atomic E-state index is 12.4. The van der Waals surface area contributed by atoms with E-state index in [1.807, 2.05) is 33.8 Å². The minimum atomic E-state index is -0.804. The van der Waals surface area contributed by atoms with Crippen LogP contribution in [0.1, 0.15) is 66.2 Å². The van der Waals surface area contributed by atoms with Gasteiger partial charge in [0.05, 0.1) is 6.61 Å². The number of aldehydes is 1. The highest BCUT2D eigenvalue weighted by Crippen LogP contribution is 2.28. The molecule has 4 heteroatoms. The number of ether oxygens (including phenoxy) is 1. The Bertz CT molecular complexity index is 526. The molecule has 0 N–H and O–H groups in total. The molecule has 0 aliphatic carbocycles. The summed E-state index contributed by atoms with van der Waals surface area (Å²) in [7, 11) is 0. The summed E-state index contributed by atoms with van der Waals surface area (Å²) in [4.78, 5) is 35.0. The maximum absolute atomic E-state index is 12.4. The molecule has 0 radical (unpaired) electrons. The van der Waals surface area contributed by atoms with Crippen LogP contribution in [0, 0.1) is 5.92 Å². The highest BCUT2D eigenvalue weighted by atomic mass is 16.5. The number of hydrogen-bond donors (Lipinski definition) is 0. The van der Waals surface area contributed by atoms with E-state index in [0.717, 1.165) is 30.3 Å². The number of carbonyl (C=O) groups is 3. The van der Waals surface area contributed by atoms with E-state index in [1.54, 1.807) is 0 Å².